The third-order valence-electron chi connectivity index (χ3n) is 3.52. The fourth-order valence-corrected chi connectivity index (χ4v) is 2.12. The Bertz CT molecular complexity index is 572. The number of nitrogens with one attached hydrogen (secondary N) is 1. The molecule has 2 rings (SSSR count). The van der Waals surface area contributed by atoms with Crippen molar-refractivity contribution < 1.29 is 9.50 Å². The van der Waals surface area contributed by atoms with E-state index in [9.17, 15) is 9.50 Å². The maximum Gasteiger partial charge on any atom is 0.146 e. The second-order valence-electron chi connectivity index (χ2n) is 5.41. The molecule has 4 heteroatoms. The highest BCUT2D eigenvalue weighted by Gasteiger charge is 2.13. The van der Waals surface area contributed by atoms with Crippen LogP contribution < -0.4 is 5.32 Å². The lowest BCUT2D eigenvalue weighted by Gasteiger charge is -2.20. The van der Waals surface area contributed by atoms with E-state index in [1.54, 1.807) is 6.07 Å². The van der Waals surface area contributed by atoms with Crippen LogP contribution in [0.4, 0.5) is 4.39 Å². The summed E-state index contributed by atoms with van der Waals surface area (Å²) in [5, 5.41) is 12.5. The summed E-state index contributed by atoms with van der Waals surface area (Å²) in [6, 6.07) is 12.7. The van der Waals surface area contributed by atoms with E-state index in [2.05, 4.69) is 10.3 Å². The summed E-state index contributed by atoms with van der Waals surface area (Å²) >= 11 is 0. The normalized spacial score (nSPS) is 12.6. The lowest BCUT2D eigenvalue weighted by molar-refractivity contribution is 0.209. The number of pyridine rings is 1. The van der Waals surface area contributed by atoms with Crippen molar-refractivity contribution in [3.05, 3.63) is 54.0 Å². The van der Waals surface area contributed by atoms with Crippen LogP contribution in [0.15, 0.2) is 42.5 Å². The van der Waals surface area contributed by atoms with Gasteiger partial charge in [0.1, 0.15) is 5.82 Å². The first-order valence-electron chi connectivity index (χ1n) is 7.17. The number of aliphatic hydroxyl groups excluding tert-OH is 1. The summed E-state index contributed by atoms with van der Waals surface area (Å²) in [6.07, 6.45) is 0. The van der Waals surface area contributed by atoms with Crippen LogP contribution in [0.25, 0.3) is 11.3 Å². The van der Waals surface area contributed by atoms with Gasteiger partial charge in [-0.15, -0.1) is 0 Å². The molecule has 0 saturated carbocycles. The van der Waals surface area contributed by atoms with Crippen LogP contribution in [-0.2, 0) is 6.54 Å². The number of benzene rings is 1. The van der Waals surface area contributed by atoms with Crippen LogP contribution in [0.5, 0.6) is 0 Å². The Morgan fingerprint density at radius 3 is 2.48 bits per heavy atom. The summed E-state index contributed by atoms with van der Waals surface area (Å²) < 4.78 is 13.9. The maximum absolute atomic E-state index is 13.9. The molecule has 1 atom stereocenters. The Morgan fingerprint density at radius 1 is 1.14 bits per heavy atom. The fraction of sp³-hybridized carbons (Fsp3) is 0.353. The zero-order valence-corrected chi connectivity index (χ0v) is 12.4. The molecule has 0 fully saturated rings. The molecule has 1 aromatic heterocycles. The van der Waals surface area contributed by atoms with Crippen molar-refractivity contribution in [3.8, 4) is 11.3 Å². The summed E-state index contributed by atoms with van der Waals surface area (Å²) in [6.45, 7) is 4.35. The van der Waals surface area contributed by atoms with E-state index < -0.39 is 0 Å². The van der Waals surface area contributed by atoms with Gasteiger partial charge in [-0.25, -0.2) is 9.37 Å². The third-order valence-corrected chi connectivity index (χ3v) is 3.52. The van der Waals surface area contributed by atoms with Crippen molar-refractivity contribution in [2.24, 2.45) is 5.92 Å². The zero-order chi connectivity index (χ0) is 15.2. The highest BCUT2D eigenvalue weighted by atomic mass is 19.1. The summed E-state index contributed by atoms with van der Waals surface area (Å²) in [7, 11) is 0. The number of halogens is 1. The van der Waals surface area contributed by atoms with Crippen LogP contribution in [-0.4, -0.2) is 22.7 Å². The maximum atomic E-state index is 13.9. The first-order chi connectivity index (χ1) is 10.1. The van der Waals surface area contributed by atoms with Gasteiger partial charge in [0.05, 0.1) is 18.0 Å². The average molecular weight is 288 g/mol. The van der Waals surface area contributed by atoms with Gasteiger partial charge in [-0.1, -0.05) is 44.2 Å². The van der Waals surface area contributed by atoms with Crippen LogP contribution in [0.1, 0.15) is 19.5 Å². The minimum atomic E-state index is -0.331. The molecule has 0 spiro atoms. The highest BCUT2D eigenvalue weighted by molar-refractivity contribution is 5.58. The molecule has 0 aliphatic rings. The number of rotatable bonds is 6. The quantitative estimate of drug-likeness (QED) is 0.859. The topological polar surface area (TPSA) is 45.1 Å². The molecule has 0 amide bonds. The van der Waals surface area contributed by atoms with Crippen LogP contribution in [0.3, 0.4) is 0 Å². The average Bonchev–Trinajstić information content (AvgIpc) is 2.50. The van der Waals surface area contributed by atoms with Gasteiger partial charge >= 0.3 is 0 Å². The van der Waals surface area contributed by atoms with E-state index in [0.29, 0.717) is 12.2 Å². The van der Waals surface area contributed by atoms with E-state index in [4.69, 9.17) is 0 Å². The molecule has 112 valence electrons. The number of hydrogen-bond acceptors (Lipinski definition) is 3. The monoisotopic (exact) mass is 288 g/mol. The third kappa shape index (κ3) is 4.09. The molecule has 1 heterocycles. The molecule has 2 N–H and O–H groups in total. The molecule has 0 saturated heterocycles. The van der Waals surface area contributed by atoms with E-state index in [1.807, 2.05) is 44.2 Å². The Kier molecular flexibility index (Phi) is 5.42. The second kappa shape index (κ2) is 7.29. The predicted molar refractivity (Wildman–Crippen MR) is 82.2 cm³/mol. The fourth-order valence-electron chi connectivity index (χ4n) is 2.12. The Labute approximate surface area is 124 Å². The van der Waals surface area contributed by atoms with Gasteiger partial charge in [0, 0.05) is 18.2 Å². The van der Waals surface area contributed by atoms with E-state index in [0.717, 1.165) is 11.3 Å². The molecule has 21 heavy (non-hydrogen) atoms. The van der Waals surface area contributed by atoms with E-state index in [1.165, 1.54) is 6.07 Å². The van der Waals surface area contributed by atoms with Crippen molar-refractivity contribution in [2.45, 2.75) is 26.4 Å². The summed E-state index contributed by atoms with van der Waals surface area (Å²) in [5.41, 5.74) is 2.08. The molecule has 0 aliphatic heterocycles. The zero-order valence-electron chi connectivity index (χ0n) is 12.4. The predicted octanol–water partition coefficient (Wildman–Crippen LogP) is 2.99. The highest BCUT2D eigenvalue weighted by Crippen LogP contribution is 2.18. The summed E-state index contributed by atoms with van der Waals surface area (Å²) in [4.78, 5) is 4.39. The van der Waals surface area contributed by atoms with E-state index >= 15 is 0 Å². The Morgan fingerprint density at radius 2 is 1.86 bits per heavy atom. The van der Waals surface area contributed by atoms with Gasteiger partial charge in [0.2, 0.25) is 0 Å². The molecule has 3 nitrogen and oxygen atoms in total. The van der Waals surface area contributed by atoms with Crippen molar-refractivity contribution >= 4 is 0 Å². The standard InChI is InChI=1S/C17H21FN2O/c1-12(2)17(11-21)19-10-16-14(18)8-9-15(20-16)13-6-4-3-5-7-13/h3-9,12,17,19,21H,10-11H2,1-2H3/t17-/m0/s1. The number of nitrogens with zero attached hydrogens (tertiary/aromatic N) is 1. The molecule has 0 aliphatic carbocycles. The van der Waals surface area contributed by atoms with Crippen LogP contribution >= 0.6 is 0 Å². The largest absolute Gasteiger partial charge is 0.395 e. The number of hydrogen-bond donors (Lipinski definition) is 2. The number of aliphatic hydroxyl groups is 1. The minimum Gasteiger partial charge on any atom is -0.395 e. The Balaban J connectivity index is 2.16. The smallest absolute Gasteiger partial charge is 0.146 e. The first kappa shape index (κ1) is 15.6. The molecule has 1 aromatic carbocycles. The van der Waals surface area contributed by atoms with Gasteiger partial charge in [-0.05, 0) is 18.1 Å². The van der Waals surface area contributed by atoms with Crippen LogP contribution in [0.2, 0.25) is 0 Å². The first-order valence-corrected chi connectivity index (χ1v) is 7.17. The minimum absolute atomic E-state index is 0.0255. The molecule has 2 aromatic rings. The Hall–Kier alpha value is -1.78. The molecule has 0 unspecified atom stereocenters. The lowest BCUT2D eigenvalue weighted by Crippen LogP contribution is -2.36. The van der Waals surface area contributed by atoms with Gasteiger partial charge in [-0.3, -0.25) is 0 Å². The van der Waals surface area contributed by atoms with E-state index in [-0.39, 0.29) is 24.4 Å². The molecule has 0 radical (unpaired) electrons. The van der Waals surface area contributed by atoms with Crippen molar-refractivity contribution in [3.63, 3.8) is 0 Å². The number of aromatic nitrogens is 1. The second-order valence-corrected chi connectivity index (χ2v) is 5.41. The summed E-state index contributed by atoms with van der Waals surface area (Å²) in [5.74, 6) is -0.0574. The van der Waals surface area contributed by atoms with Crippen molar-refractivity contribution in [1.82, 2.24) is 10.3 Å². The van der Waals surface area contributed by atoms with Crippen LogP contribution in [0, 0.1) is 11.7 Å². The molecular formula is C17H21FN2O. The van der Waals surface area contributed by atoms with Crippen molar-refractivity contribution in [2.75, 3.05) is 6.61 Å². The van der Waals surface area contributed by atoms with Gasteiger partial charge in [0.15, 0.2) is 0 Å². The molecule has 0 bridgehead atoms. The van der Waals surface area contributed by atoms with Gasteiger partial charge < -0.3 is 10.4 Å². The molecular weight excluding hydrogens is 267 g/mol. The van der Waals surface area contributed by atoms with Crippen molar-refractivity contribution in [1.29, 1.82) is 0 Å². The SMILES string of the molecule is CC(C)[C@H](CO)NCc1nc(-c2ccccc2)ccc1F. The van der Waals surface area contributed by atoms with Gasteiger partial charge in [-0.2, -0.15) is 0 Å². The lowest BCUT2D eigenvalue weighted by atomic mass is 10.1. The van der Waals surface area contributed by atoms with Gasteiger partial charge in [0.25, 0.3) is 0 Å².